The fourth-order valence-corrected chi connectivity index (χ4v) is 2.00. The maximum atomic E-state index is 12.0. The number of pyridine rings is 1. The summed E-state index contributed by atoms with van der Waals surface area (Å²) in [7, 11) is 0. The molecule has 6 heteroatoms. The van der Waals surface area contributed by atoms with Gasteiger partial charge < -0.3 is 11.1 Å². The molecule has 1 heterocycles. The molecule has 0 atom stereocenters. The maximum absolute atomic E-state index is 12.0. The minimum atomic E-state index is -0.267. The van der Waals surface area contributed by atoms with Gasteiger partial charge in [-0.1, -0.05) is 11.6 Å². The van der Waals surface area contributed by atoms with E-state index in [0.717, 1.165) is 0 Å². The molecule has 3 N–H and O–H groups in total. The smallest absolute Gasteiger partial charge is 0.256 e. The quantitative estimate of drug-likeness (QED) is 0.657. The van der Waals surface area contributed by atoms with Crippen molar-refractivity contribution < 1.29 is 4.79 Å². The Hall–Kier alpha value is -1.59. The Labute approximate surface area is 117 Å². The number of rotatable bonds is 2. The molecule has 0 spiro atoms. The van der Waals surface area contributed by atoms with Crippen molar-refractivity contribution >= 4 is 44.8 Å². The summed E-state index contributed by atoms with van der Waals surface area (Å²) >= 11 is 9.04. The number of hydrogen-bond donors (Lipinski definition) is 2. The number of halogens is 2. The molecule has 2 aromatic rings. The van der Waals surface area contributed by atoms with Gasteiger partial charge in [0.2, 0.25) is 0 Å². The summed E-state index contributed by atoms with van der Waals surface area (Å²) in [5.41, 5.74) is 7.21. The Kier molecular flexibility index (Phi) is 3.84. The molecule has 4 nitrogen and oxygen atoms in total. The van der Waals surface area contributed by atoms with Crippen LogP contribution in [0.4, 0.5) is 11.4 Å². The highest BCUT2D eigenvalue weighted by Crippen LogP contribution is 2.21. The number of hydrogen-bond acceptors (Lipinski definition) is 3. The zero-order valence-electron chi connectivity index (χ0n) is 9.15. The Morgan fingerprint density at radius 2 is 2.11 bits per heavy atom. The van der Waals surface area contributed by atoms with Gasteiger partial charge in [0.15, 0.2) is 0 Å². The van der Waals surface area contributed by atoms with Crippen molar-refractivity contribution in [1.29, 1.82) is 0 Å². The van der Waals surface area contributed by atoms with E-state index in [9.17, 15) is 4.79 Å². The van der Waals surface area contributed by atoms with Crippen LogP contribution >= 0.6 is 27.5 Å². The second-order valence-corrected chi connectivity index (χ2v) is 4.80. The van der Waals surface area contributed by atoms with Crippen LogP contribution in [0.3, 0.4) is 0 Å². The lowest BCUT2D eigenvalue weighted by molar-refractivity contribution is 0.102. The molecular weight excluding hydrogens is 318 g/mol. The second kappa shape index (κ2) is 5.37. The van der Waals surface area contributed by atoms with E-state index in [2.05, 4.69) is 26.2 Å². The van der Waals surface area contributed by atoms with Gasteiger partial charge in [-0.3, -0.25) is 4.79 Å². The summed E-state index contributed by atoms with van der Waals surface area (Å²) in [4.78, 5) is 15.9. The lowest BCUT2D eigenvalue weighted by Gasteiger charge is -2.07. The van der Waals surface area contributed by atoms with Crippen molar-refractivity contribution in [2.75, 3.05) is 11.1 Å². The van der Waals surface area contributed by atoms with Gasteiger partial charge in [0.25, 0.3) is 5.91 Å². The molecule has 0 aliphatic heterocycles. The summed E-state index contributed by atoms with van der Waals surface area (Å²) < 4.78 is 0.675. The third kappa shape index (κ3) is 3.00. The highest BCUT2D eigenvalue weighted by atomic mass is 79.9. The lowest BCUT2D eigenvalue weighted by Crippen LogP contribution is -2.13. The van der Waals surface area contributed by atoms with E-state index in [0.29, 0.717) is 26.6 Å². The number of benzene rings is 1. The Balaban J connectivity index is 2.24. The van der Waals surface area contributed by atoms with Crippen LogP contribution in [-0.2, 0) is 0 Å². The van der Waals surface area contributed by atoms with Crippen molar-refractivity contribution in [2.45, 2.75) is 0 Å². The fraction of sp³-hybridized carbons (Fsp3) is 0. The number of nitrogens with one attached hydrogen (secondary N) is 1. The predicted molar refractivity (Wildman–Crippen MR) is 75.8 cm³/mol. The molecule has 0 saturated heterocycles. The van der Waals surface area contributed by atoms with Crippen LogP contribution in [-0.4, -0.2) is 10.9 Å². The third-order valence-corrected chi connectivity index (χ3v) is 3.12. The number of nitrogens with zero attached hydrogens (tertiary/aromatic N) is 1. The van der Waals surface area contributed by atoms with Crippen LogP contribution in [0.2, 0.25) is 5.15 Å². The van der Waals surface area contributed by atoms with Gasteiger partial charge in [-0.25, -0.2) is 4.98 Å². The number of carbonyl (C=O) groups is 1. The highest BCUT2D eigenvalue weighted by Gasteiger charge is 2.10. The van der Waals surface area contributed by atoms with Gasteiger partial charge in [0.05, 0.1) is 5.56 Å². The zero-order chi connectivity index (χ0) is 13.1. The van der Waals surface area contributed by atoms with Crippen molar-refractivity contribution in [3.63, 3.8) is 0 Å². The van der Waals surface area contributed by atoms with Crippen LogP contribution in [0.25, 0.3) is 0 Å². The molecule has 0 saturated carbocycles. The van der Waals surface area contributed by atoms with E-state index in [1.807, 2.05) is 0 Å². The number of nitrogens with two attached hydrogens (primary N) is 1. The summed E-state index contributed by atoms with van der Waals surface area (Å²) in [5, 5.41) is 3.04. The van der Waals surface area contributed by atoms with E-state index in [-0.39, 0.29) is 5.91 Å². The van der Waals surface area contributed by atoms with Crippen LogP contribution in [0.5, 0.6) is 0 Å². The zero-order valence-corrected chi connectivity index (χ0v) is 11.5. The van der Waals surface area contributed by atoms with Crippen LogP contribution in [0, 0.1) is 0 Å². The van der Waals surface area contributed by atoms with E-state index in [1.165, 1.54) is 6.20 Å². The summed E-state index contributed by atoms with van der Waals surface area (Å²) in [6.45, 7) is 0. The number of anilines is 2. The molecule has 0 aliphatic carbocycles. The van der Waals surface area contributed by atoms with E-state index in [4.69, 9.17) is 17.3 Å². The molecule has 92 valence electrons. The van der Waals surface area contributed by atoms with E-state index >= 15 is 0 Å². The molecule has 1 aromatic heterocycles. The van der Waals surface area contributed by atoms with Crippen LogP contribution in [0.15, 0.2) is 41.0 Å². The maximum Gasteiger partial charge on any atom is 0.256 e. The van der Waals surface area contributed by atoms with Crippen molar-refractivity contribution in [3.8, 4) is 0 Å². The predicted octanol–water partition coefficient (Wildman–Crippen LogP) is 3.33. The minimum absolute atomic E-state index is 0.267. The molecule has 0 fully saturated rings. The summed E-state index contributed by atoms with van der Waals surface area (Å²) in [6.07, 6.45) is 1.52. The number of amides is 1. The standard InChI is InChI=1S/C12H9BrClN3O/c13-10-2-1-7(15)5-9(10)12(18)17-8-3-4-16-11(14)6-8/h1-6H,15H2,(H,16,17,18). The van der Waals surface area contributed by atoms with Gasteiger partial charge in [0.1, 0.15) is 5.15 Å². The molecule has 0 radical (unpaired) electrons. The lowest BCUT2D eigenvalue weighted by atomic mass is 10.2. The normalized spacial score (nSPS) is 10.1. The number of carbonyl (C=O) groups excluding carboxylic acids is 1. The van der Waals surface area contributed by atoms with Gasteiger partial charge in [-0.05, 0) is 46.3 Å². The molecule has 18 heavy (non-hydrogen) atoms. The Morgan fingerprint density at radius 3 is 2.83 bits per heavy atom. The molecule has 1 amide bonds. The molecular formula is C12H9BrClN3O. The summed E-state index contributed by atoms with van der Waals surface area (Å²) in [6, 6.07) is 8.26. The van der Waals surface area contributed by atoms with Crippen molar-refractivity contribution in [1.82, 2.24) is 4.98 Å². The van der Waals surface area contributed by atoms with Gasteiger partial charge in [-0.15, -0.1) is 0 Å². The van der Waals surface area contributed by atoms with Gasteiger partial charge >= 0.3 is 0 Å². The average molecular weight is 327 g/mol. The first-order valence-corrected chi connectivity index (χ1v) is 6.21. The van der Waals surface area contributed by atoms with Crippen LogP contribution in [0.1, 0.15) is 10.4 Å². The minimum Gasteiger partial charge on any atom is -0.399 e. The first kappa shape index (κ1) is 12.9. The molecule has 1 aromatic carbocycles. The first-order valence-electron chi connectivity index (χ1n) is 5.04. The molecule has 2 rings (SSSR count). The number of nitrogen functional groups attached to an aromatic ring is 1. The average Bonchev–Trinajstić information content (AvgIpc) is 2.32. The molecule has 0 aliphatic rings. The second-order valence-electron chi connectivity index (χ2n) is 3.56. The van der Waals surface area contributed by atoms with E-state index < -0.39 is 0 Å². The summed E-state index contributed by atoms with van der Waals surface area (Å²) in [5.74, 6) is -0.267. The Bertz CT molecular complexity index is 604. The SMILES string of the molecule is Nc1ccc(Br)c(C(=O)Nc2ccnc(Cl)c2)c1. The highest BCUT2D eigenvalue weighted by molar-refractivity contribution is 9.10. The van der Waals surface area contributed by atoms with Crippen LogP contribution < -0.4 is 11.1 Å². The Morgan fingerprint density at radius 1 is 1.33 bits per heavy atom. The fourth-order valence-electron chi connectivity index (χ4n) is 1.40. The van der Waals surface area contributed by atoms with Gasteiger partial charge in [-0.2, -0.15) is 0 Å². The molecule has 0 bridgehead atoms. The topological polar surface area (TPSA) is 68.0 Å². The monoisotopic (exact) mass is 325 g/mol. The third-order valence-electron chi connectivity index (χ3n) is 2.22. The van der Waals surface area contributed by atoms with Gasteiger partial charge in [0, 0.05) is 22.0 Å². The largest absolute Gasteiger partial charge is 0.399 e. The van der Waals surface area contributed by atoms with E-state index in [1.54, 1.807) is 30.3 Å². The van der Waals surface area contributed by atoms with Crippen molar-refractivity contribution in [3.05, 3.63) is 51.7 Å². The number of aromatic nitrogens is 1. The van der Waals surface area contributed by atoms with Crippen molar-refractivity contribution in [2.24, 2.45) is 0 Å². The first-order chi connectivity index (χ1) is 8.56. The molecule has 0 unspecified atom stereocenters.